The average molecular weight is 424 g/mol. The van der Waals surface area contributed by atoms with E-state index < -0.39 is 0 Å². The molecule has 0 saturated heterocycles. The van der Waals surface area contributed by atoms with Crippen LogP contribution < -0.4 is 4.74 Å². The van der Waals surface area contributed by atoms with Crippen molar-refractivity contribution in [3.05, 3.63) is 77.4 Å². The van der Waals surface area contributed by atoms with Gasteiger partial charge in [-0.3, -0.25) is 4.98 Å². The van der Waals surface area contributed by atoms with Crippen molar-refractivity contribution in [2.24, 2.45) is 5.41 Å². The number of rotatable bonds is 1. The molecule has 2 heterocycles. The summed E-state index contributed by atoms with van der Waals surface area (Å²) in [5.41, 5.74) is 3.44. The normalized spacial score (nSPS) is 12.9. The second-order valence-electron chi connectivity index (χ2n) is 9.61. The van der Waals surface area contributed by atoms with Crippen LogP contribution in [0.1, 0.15) is 26.3 Å². The van der Waals surface area contributed by atoms with E-state index in [4.69, 9.17) is 21.3 Å². The predicted octanol–water partition coefficient (Wildman–Crippen LogP) is 8.56. The molecule has 3 heteroatoms. The van der Waals surface area contributed by atoms with Crippen LogP contribution in [0.2, 0.25) is 5.02 Å². The first-order valence-corrected chi connectivity index (χ1v) is 11.0. The van der Waals surface area contributed by atoms with Crippen molar-refractivity contribution in [2.75, 3.05) is 0 Å². The summed E-state index contributed by atoms with van der Waals surface area (Å²) in [6.45, 7) is 6.81. The minimum atomic E-state index is 0.123. The van der Waals surface area contributed by atoms with E-state index in [1.165, 1.54) is 16.3 Å². The van der Waals surface area contributed by atoms with Crippen LogP contribution in [0.4, 0.5) is 0 Å². The lowest BCUT2D eigenvalue weighted by Gasteiger charge is -2.27. The van der Waals surface area contributed by atoms with Gasteiger partial charge in [0.05, 0.1) is 11.1 Å². The third-order valence-electron chi connectivity index (χ3n) is 6.07. The molecule has 0 amide bonds. The molecular weight excluding hydrogens is 402 g/mol. The number of ether oxygens (including phenoxy) is 1. The number of benzene rings is 4. The maximum Gasteiger partial charge on any atom is 0.140 e. The van der Waals surface area contributed by atoms with Crippen LogP contribution >= 0.6 is 11.6 Å². The Morgan fingerprint density at radius 3 is 2.55 bits per heavy atom. The Kier molecular flexibility index (Phi) is 3.88. The highest BCUT2D eigenvalue weighted by Gasteiger charge is 2.28. The van der Waals surface area contributed by atoms with Gasteiger partial charge in [0.2, 0.25) is 0 Å². The van der Waals surface area contributed by atoms with E-state index >= 15 is 0 Å². The van der Waals surface area contributed by atoms with Gasteiger partial charge < -0.3 is 4.74 Å². The Labute approximate surface area is 186 Å². The summed E-state index contributed by atoms with van der Waals surface area (Å²) in [6, 6.07) is 21.0. The van der Waals surface area contributed by atoms with Crippen molar-refractivity contribution in [2.45, 2.75) is 27.2 Å². The van der Waals surface area contributed by atoms with Crippen molar-refractivity contribution >= 4 is 43.9 Å². The lowest BCUT2D eigenvalue weighted by molar-refractivity contribution is 0.400. The largest absolute Gasteiger partial charge is 0.456 e. The van der Waals surface area contributed by atoms with Gasteiger partial charge in [-0.2, -0.15) is 0 Å². The molecule has 0 radical (unpaired) electrons. The average Bonchev–Trinajstić information content (AvgIpc) is 2.73. The fourth-order valence-electron chi connectivity index (χ4n) is 4.84. The van der Waals surface area contributed by atoms with Crippen LogP contribution in [0.25, 0.3) is 43.6 Å². The fourth-order valence-corrected chi connectivity index (χ4v) is 5.02. The lowest BCUT2D eigenvalue weighted by Crippen LogP contribution is -2.12. The Morgan fingerprint density at radius 1 is 0.871 bits per heavy atom. The Bertz CT molecular complexity index is 1530. The van der Waals surface area contributed by atoms with Gasteiger partial charge in [-0.05, 0) is 69.1 Å². The number of nitrogens with zero attached hydrogens (tertiary/aromatic N) is 1. The number of hydrogen-bond donors (Lipinski definition) is 0. The molecule has 1 aromatic heterocycles. The second kappa shape index (κ2) is 6.45. The molecule has 0 atom stereocenters. The van der Waals surface area contributed by atoms with Gasteiger partial charge in [-0.25, -0.2) is 0 Å². The molecular formula is C28H22ClNO. The molecule has 0 fully saturated rings. The summed E-state index contributed by atoms with van der Waals surface area (Å²) in [7, 11) is 0. The molecule has 2 nitrogen and oxygen atoms in total. The van der Waals surface area contributed by atoms with E-state index in [1.807, 2.05) is 18.3 Å². The van der Waals surface area contributed by atoms with E-state index in [9.17, 15) is 0 Å². The van der Waals surface area contributed by atoms with Crippen LogP contribution in [-0.2, 0) is 6.42 Å². The highest BCUT2D eigenvalue weighted by Crippen LogP contribution is 2.51. The van der Waals surface area contributed by atoms with Gasteiger partial charge in [0.15, 0.2) is 0 Å². The molecule has 1 aliphatic rings. The summed E-state index contributed by atoms with van der Waals surface area (Å²) >= 11 is 6.30. The zero-order valence-electron chi connectivity index (χ0n) is 17.8. The molecule has 0 bridgehead atoms. The van der Waals surface area contributed by atoms with Gasteiger partial charge >= 0.3 is 0 Å². The van der Waals surface area contributed by atoms with Gasteiger partial charge in [0.1, 0.15) is 11.5 Å². The third-order valence-corrected chi connectivity index (χ3v) is 6.30. The molecule has 0 N–H and O–H groups in total. The van der Waals surface area contributed by atoms with Crippen LogP contribution in [-0.4, -0.2) is 4.98 Å². The van der Waals surface area contributed by atoms with E-state index in [2.05, 4.69) is 69.3 Å². The molecule has 1 aliphatic heterocycles. The molecule has 4 aromatic carbocycles. The predicted molar refractivity (Wildman–Crippen MR) is 130 cm³/mol. The van der Waals surface area contributed by atoms with Crippen molar-refractivity contribution < 1.29 is 4.74 Å². The minimum absolute atomic E-state index is 0.123. The monoisotopic (exact) mass is 423 g/mol. The number of pyridine rings is 1. The molecule has 152 valence electrons. The Balaban J connectivity index is 1.75. The first-order chi connectivity index (χ1) is 14.9. The summed E-state index contributed by atoms with van der Waals surface area (Å²) in [6.07, 6.45) is 2.82. The third kappa shape index (κ3) is 2.90. The van der Waals surface area contributed by atoms with E-state index in [0.29, 0.717) is 0 Å². The van der Waals surface area contributed by atoms with E-state index in [1.54, 1.807) is 0 Å². The van der Waals surface area contributed by atoms with Crippen LogP contribution in [0, 0.1) is 5.41 Å². The number of halogens is 1. The maximum absolute atomic E-state index is 6.70. The molecule has 0 spiro atoms. The first-order valence-electron chi connectivity index (χ1n) is 10.6. The molecule has 31 heavy (non-hydrogen) atoms. The molecule has 6 rings (SSSR count). The first kappa shape index (κ1) is 18.7. The maximum atomic E-state index is 6.70. The molecule has 0 aliphatic carbocycles. The fraction of sp³-hybridized carbons (Fsp3) is 0.179. The minimum Gasteiger partial charge on any atom is -0.456 e. The van der Waals surface area contributed by atoms with Crippen molar-refractivity contribution in [1.82, 2.24) is 4.98 Å². The highest BCUT2D eigenvalue weighted by atomic mass is 35.5. The Morgan fingerprint density at radius 2 is 1.71 bits per heavy atom. The highest BCUT2D eigenvalue weighted by molar-refractivity contribution is 6.31. The number of fused-ring (bicyclic) bond motifs is 5. The van der Waals surface area contributed by atoms with Gasteiger partial charge in [-0.15, -0.1) is 0 Å². The summed E-state index contributed by atoms with van der Waals surface area (Å²) in [5.74, 6) is 1.79. The van der Waals surface area contributed by atoms with E-state index in [-0.39, 0.29) is 5.41 Å². The second-order valence-corrected chi connectivity index (χ2v) is 10.1. The van der Waals surface area contributed by atoms with E-state index in [0.717, 1.165) is 55.7 Å². The lowest BCUT2D eigenvalue weighted by atomic mass is 9.83. The van der Waals surface area contributed by atoms with Crippen molar-refractivity contribution in [1.29, 1.82) is 0 Å². The van der Waals surface area contributed by atoms with Gasteiger partial charge in [0, 0.05) is 22.3 Å². The summed E-state index contributed by atoms with van der Waals surface area (Å²) in [4.78, 5) is 4.84. The van der Waals surface area contributed by atoms with Crippen LogP contribution in [0.15, 0.2) is 66.9 Å². The summed E-state index contributed by atoms with van der Waals surface area (Å²) in [5, 5.41) is 7.65. The SMILES string of the molecule is CC(C)(C)Cc1c2c(cc3ccccc13)-c1nccc3c1c(cc1cc(Cl)ccc13)O2. The van der Waals surface area contributed by atoms with Crippen LogP contribution in [0.3, 0.4) is 0 Å². The Hall–Kier alpha value is -3.10. The summed E-state index contributed by atoms with van der Waals surface area (Å²) < 4.78 is 6.70. The van der Waals surface area contributed by atoms with Crippen LogP contribution in [0.5, 0.6) is 11.5 Å². The molecule has 0 unspecified atom stereocenters. The standard InChI is InChI=1S/C28H22ClNO/c1-28(2,3)15-23-19-7-5-4-6-16(19)13-22-26-25-21(10-11-30-26)20-9-8-18(29)12-17(20)14-24(25)31-27(22)23/h4-14H,15H2,1-3H3. The van der Waals surface area contributed by atoms with Crippen molar-refractivity contribution in [3.63, 3.8) is 0 Å². The molecule has 0 saturated carbocycles. The van der Waals surface area contributed by atoms with Crippen molar-refractivity contribution in [3.8, 4) is 22.8 Å². The quantitative estimate of drug-likeness (QED) is 0.247. The van der Waals surface area contributed by atoms with Gasteiger partial charge in [0.25, 0.3) is 0 Å². The number of hydrogen-bond acceptors (Lipinski definition) is 2. The zero-order valence-corrected chi connectivity index (χ0v) is 18.5. The zero-order chi connectivity index (χ0) is 21.3. The molecule has 5 aromatic rings. The smallest absolute Gasteiger partial charge is 0.140 e. The number of aromatic nitrogens is 1. The van der Waals surface area contributed by atoms with Gasteiger partial charge in [-0.1, -0.05) is 62.7 Å². The topological polar surface area (TPSA) is 22.1 Å².